The zero-order valence-corrected chi connectivity index (χ0v) is 10.9. The maximum atomic E-state index is 9.62. The van der Waals surface area contributed by atoms with Gasteiger partial charge in [-0.1, -0.05) is 38.4 Å². The van der Waals surface area contributed by atoms with Gasteiger partial charge in [-0.2, -0.15) is 0 Å². The monoisotopic (exact) mass is 253 g/mol. The molecule has 0 heterocycles. The average molecular weight is 253 g/mol. The quantitative estimate of drug-likeness (QED) is 0.539. The maximum absolute atomic E-state index is 9.62. The molecule has 3 nitrogen and oxygen atoms in total. The Morgan fingerprint density at radius 2 is 2.00 bits per heavy atom. The first-order valence-electron chi connectivity index (χ1n) is 5.95. The van der Waals surface area contributed by atoms with E-state index in [1.54, 1.807) is 6.07 Å². The molecular weight excluding hydrogens is 234 g/mol. The van der Waals surface area contributed by atoms with E-state index in [1.807, 2.05) is 0 Å². The first kappa shape index (κ1) is 13.8. The Balaban J connectivity index is 2.42. The summed E-state index contributed by atoms with van der Waals surface area (Å²) in [5.74, 6) is 0.0491. The van der Waals surface area contributed by atoms with Gasteiger partial charge in [-0.15, -0.1) is 0 Å². The molecule has 0 aliphatic carbocycles. The van der Waals surface area contributed by atoms with Crippen molar-refractivity contribution in [1.82, 2.24) is 5.32 Å². The molecule has 3 N–H and O–H groups in total. The number of rotatable bonds is 6. The van der Waals surface area contributed by atoms with Gasteiger partial charge in [0.15, 0.2) is 0 Å². The zero-order valence-electron chi connectivity index (χ0n) is 10.1. The highest BCUT2D eigenvalue weighted by molar-refractivity contribution is 7.80. The van der Waals surface area contributed by atoms with Crippen molar-refractivity contribution < 1.29 is 10.2 Å². The minimum atomic E-state index is 0.0102. The van der Waals surface area contributed by atoms with Gasteiger partial charge in [-0.05, 0) is 18.6 Å². The van der Waals surface area contributed by atoms with E-state index in [4.69, 9.17) is 17.3 Å². The fourth-order valence-corrected chi connectivity index (χ4v) is 1.84. The number of hydrogen-bond donors (Lipinski definition) is 3. The molecule has 0 saturated heterocycles. The van der Waals surface area contributed by atoms with Crippen molar-refractivity contribution in [3.63, 3.8) is 0 Å². The lowest BCUT2D eigenvalue weighted by Gasteiger charge is -2.09. The highest BCUT2D eigenvalue weighted by Gasteiger charge is 2.06. The number of benzene rings is 1. The smallest absolute Gasteiger partial charge is 0.129 e. The Kier molecular flexibility index (Phi) is 5.77. The molecule has 1 aromatic carbocycles. The lowest BCUT2D eigenvalue weighted by molar-refractivity contribution is 0.450. The van der Waals surface area contributed by atoms with Crippen LogP contribution < -0.4 is 5.32 Å². The largest absolute Gasteiger partial charge is 0.508 e. The second-order valence-electron chi connectivity index (χ2n) is 4.02. The number of phenolic OH excluding ortho intramolecular Hbond substituents is 2. The Morgan fingerprint density at radius 1 is 1.24 bits per heavy atom. The van der Waals surface area contributed by atoms with Crippen molar-refractivity contribution in [3.8, 4) is 11.5 Å². The first-order valence-corrected chi connectivity index (χ1v) is 6.36. The molecule has 0 saturated carbocycles. The predicted molar refractivity (Wildman–Crippen MR) is 73.6 cm³/mol. The maximum Gasteiger partial charge on any atom is 0.129 e. The van der Waals surface area contributed by atoms with Gasteiger partial charge in [0.1, 0.15) is 16.5 Å². The topological polar surface area (TPSA) is 52.5 Å². The van der Waals surface area contributed by atoms with Gasteiger partial charge in [0, 0.05) is 12.6 Å². The third kappa shape index (κ3) is 4.61. The molecule has 1 aromatic rings. The van der Waals surface area contributed by atoms with Crippen LogP contribution in [0.3, 0.4) is 0 Å². The van der Waals surface area contributed by atoms with Gasteiger partial charge in [0.2, 0.25) is 0 Å². The van der Waals surface area contributed by atoms with Gasteiger partial charge < -0.3 is 15.5 Å². The molecular formula is C13H19NO2S. The zero-order chi connectivity index (χ0) is 12.7. The number of unbranched alkanes of at least 4 members (excludes halogenated alkanes) is 3. The molecule has 0 fully saturated rings. The molecule has 0 unspecified atom stereocenters. The van der Waals surface area contributed by atoms with Crippen LogP contribution in [0.4, 0.5) is 0 Å². The molecule has 17 heavy (non-hydrogen) atoms. The molecule has 0 bridgehead atoms. The third-order valence-corrected chi connectivity index (χ3v) is 2.91. The summed E-state index contributed by atoms with van der Waals surface area (Å²) < 4.78 is 0. The van der Waals surface area contributed by atoms with Crippen LogP contribution in [0.25, 0.3) is 0 Å². The van der Waals surface area contributed by atoms with Crippen molar-refractivity contribution in [1.29, 1.82) is 0 Å². The summed E-state index contributed by atoms with van der Waals surface area (Å²) in [5, 5.41) is 21.9. The van der Waals surface area contributed by atoms with Crippen molar-refractivity contribution in [2.45, 2.75) is 32.6 Å². The molecule has 0 radical (unpaired) electrons. The molecule has 0 aliphatic heterocycles. The predicted octanol–water partition coefficient (Wildman–Crippen LogP) is 2.94. The van der Waals surface area contributed by atoms with E-state index in [-0.39, 0.29) is 11.5 Å². The summed E-state index contributed by atoms with van der Waals surface area (Å²) in [4.78, 5) is 0.527. The van der Waals surface area contributed by atoms with E-state index in [0.717, 1.165) is 13.0 Å². The number of phenols is 2. The van der Waals surface area contributed by atoms with Crippen molar-refractivity contribution in [2.75, 3.05) is 6.54 Å². The van der Waals surface area contributed by atoms with E-state index >= 15 is 0 Å². The number of nitrogens with one attached hydrogen (secondary N) is 1. The van der Waals surface area contributed by atoms with E-state index in [9.17, 15) is 5.11 Å². The van der Waals surface area contributed by atoms with E-state index in [1.165, 1.54) is 31.4 Å². The van der Waals surface area contributed by atoms with Gasteiger partial charge >= 0.3 is 0 Å². The van der Waals surface area contributed by atoms with Gasteiger partial charge in [0.05, 0.1) is 5.56 Å². The third-order valence-electron chi connectivity index (χ3n) is 2.54. The molecule has 1 rings (SSSR count). The Morgan fingerprint density at radius 3 is 2.65 bits per heavy atom. The van der Waals surface area contributed by atoms with Crippen LogP contribution in [0.2, 0.25) is 0 Å². The van der Waals surface area contributed by atoms with Crippen LogP contribution in [0, 0.1) is 0 Å². The molecule has 0 aliphatic rings. The summed E-state index contributed by atoms with van der Waals surface area (Å²) in [5.41, 5.74) is 0.563. The number of hydrogen-bond acceptors (Lipinski definition) is 3. The fraction of sp³-hybridized carbons (Fsp3) is 0.462. The molecule has 4 heteroatoms. The number of thiocarbonyl (C=S) groups is 1. The van der Waals surface area contributed by atoms with E-state index in [2.05, 4.69) is 12.2 Å². The standard InChI is InChI=1S/C13H19NO2S/c1-2-3-4-5-8-14-13(17)11-7-6-10(15)9-12(11)16/h6-7,9,15-16H,2-5,8H2,1H3,(H,14,17). The Hall–Kier alpha value is -1.29. The van der Waals surface area contributed by atoms with E-state index < -0.39 is 0 Å². The van der Waals surface area contributed by atoms with Crippen LogP contribution in [-0.2, 0) is 0 Å². The van der Waals surface area contributed by atoms with E-state index in [0.29, 0.717) is 10.6 Å². The van der Waals surface area contributed by atoms with Crippen LogP contribution in [0.1, 0.15) is 38.2 Å². The molecule has 0 atom stereocenters. The fourth-order valence-electron chi connectivity index (χ4n) is 1.56. The molecule has 0 amide bonds. The summed E-state index contributed by atoms with van der Waals surface area (Å²) in [6.07, 6.45) is 4.71. The SMILES string of the molecule is CCCCCCNC(=S)c1ccc(O)cc1O. The summed E-state index contributed by atoms with van der Waals surface area (Å²) >= 11 is 5.18. The molecule has 0 aromatic heterocycles. The van der Waals surface area contributed by atoms with Crippen LogP contribution >= 0.6 is 12.2 Å². The summed E-state index contributed by atoms with van der Waals surface area (Å²) in [6, 6.07) is 4.42. The highest BCUT2D eigenvalue weighted by atomic mass is 32.1. The minimum absolute atomic E-state index is 0.0102. The van der Waals surface area contributed by atoms with Crippen LogP contribution in [0.5, 0.6) is 11.5 Å². The van der Waals surface area contributed by atoms with Crippen LogP contribution in [0.15, 0.2) is 18.2 Å². The van der Waals surface area contributed by atoms with Gasteiger partial charge in [0.25, 0.3) is 0 Å². The second-order valence-corrected chi connectivity index (χ2v) is 4.43. The van der Waals surface area contributed by atoms with Gasteiger partial charge in [-0.3, -0.25) is 0 Å². The van der Waals surface area contributed by atoms with Crippen molar-refractivity contribution >= 4 is 17.2 Å². The minimum Gasteiger partial charge on any atom is -0.508 e. The summed E-state index contributed by atoms with van der Waals surface area (Å²) in [7, 11) is 0. The molecule has 94 valence electrons. The second kappa shape index (κ2) is 7.12. The lowest BCUT2D eigenvalue weighted by atomic mass is 10.1. The highest BCUT2D eigenvalue weighted by Crippen LogP contribution is 2.22. The number of aromatic hydroxyl groups is 2. The first-order chi connectivity index (χ1) is 8.15. The molecule has 0 spiro atoms. The van der Waals surface area contributed by atoms with Crippen molar-refractivity contribution in [2.24, 2.45) is 0 Å². The van der Waals surface area contributed by atoms with Gasteiger partial charge in [-0.25, -0.2) is 0 Å². The Bertz CT molecular complexity index is 380. The summed E-state index contributed by atoms with van der Waals surface area (Å²) in [6.45, 7) is 2.99. The Labute approximate surface area is 107 Å². The average Bonchev–Trinajstić information content (AvgIpc) is 2.28. The lowest BCUT2D eigenvalue weighted by Crippen LogP contribution is -2.23. The van der Waals surface area contributed by atoms with Crippen LogP contribution in [-0.4, -0.2) is 21.7 Å². The van der Waals surface area contributed by atoms with Crippen molar-refractivity contribution in [3.05, 3.63) is 23.8 Å². The normalized spacial score (nSPS) is 10.2.